The summed E-state index contributed by atoms with van der Waals surface area (Å²) in [7, 11) is 0. The lowest BCUT2D eigenvalue weighted by molar-refractivity contribution is 0.0732. The molecule has 0 aromatic carbocycles. The maximum Gasteiger partial charge on any atom is 0.256 e. The molecule has 7 rings (SSSR count). The molecule has 1 saturated heterocycles. The minimum absolute atomic E-state index is 0.0525. The Morgan fingerprint density at radius 1 is 1.11 bits per heavy atom. The van der Waals surface area contributed by atoms with E-state index in [9.17, 15) is 13.6 Å². The van der Waals surface area contributed by atoms with Crippen molar-refractivity contribution in [1.82, 2.24) is 29.0 Å². The molecule has 2 aliphatic carbocycles. The van der Waals surface area contributed by atoms with Gasteiger partial charge in [-0.1, -0.05) is 0 Å². The number of hydrogen-bond donors (Lipinski definition) is 0. The lowest BCUT2D eigenvalue weighted by Gasteiger charge is -2.31. The molecule has 3 aliphatic rings. The Hall–Kier alpha value is -3.36. The summed E-state index contributed by atoms with van der Waals surface area (Å²) >= 11 is 0. The third-order valence-electron chi connectivity index (χ3n) is 8.45. The molecule has 0 N–H and O–H groups in total. The molecule has 0 unspecified atom stereocenters. The number of imidazole rings is 1. The minimum atomic E-state index is -2.57. The number of fused-ring (bicyclic) bond motifs is 3. The zero-order valence-electron chi connectivity index (χ0n) is 20.1. The topological polar surface area (TPSA) is 68.8 Å². The molecule has 9 heteroatoms. The first kappa shape index (κ1) is 21.9. The second kappa shape index (κ2) is 8.08. The molecule has 4 aromatic heterocycles. The predicted molar refractivity (Wildman–Crippen MR) is 132 cm³/mol. The molecule has 7 nitrogen and oxygen atoms in total. The second-order valence-corrected chi connectivity index (χ2v) is 10.7. The van der Waals surface area contributed by atoms with E-state index in [0.29, 0.717) is 40.3 Å². The van der Waals surface area contributed by atoms with Crippen LogP contribution < -0.4 is 0 Å². The summed E-state index contributed by atoms with van der Waals surface area (Å²) in [4.78, 5) is 29.2. The van der Waals surface area contributed by atoms with Crippen LogP contribution in [0.1, 0.15) is 43.0 Å². The van der Waals surface area contributed by atoms with Crippen LogP contribution in [-0.4, -0.2) is 53.9 Å². The largest absolute Gasteiger partial charge is 0.335 e. The van der Waals surface area contributed by atoms with E-state index in [1.54, 1.807) is 12.3 Å². The lowest BCUT2D eigenvalue weighted by atomic mass is 9.73. The smallest absolute Gasteiger partial charge is 0.256 e. The van der Waals surface area contributed by atoms with Gasteiger partial charge in [-0.15, -0.1) is 0 Å². The summed E-state index contributed by atoms with van der Waals surface area (Å²) in [5, 5.41) is 0.949. The van der Waals surface area contributed by atoms with Crippen molar-refractivity contribution in [1.29, 1.82) is 0 Å². The second-order valence-electron chi connectivity index (χ2n) is 10.7. The minimum Gasteiger partial charge on any atom is -0.335 e. The van der Waals surface area contributed by atoms with Gasteiger partial charge in [0.05, 0.1) is 17.8 Å². The zero-order valence-corrected chi connectivity index (χ0v) is 20.1. The number of halogens is 2. The van der Waals surface area contributed by atoms with Crippen molar-refractivity contribution in [2.24, 2.45) is 17.8 Å². The Labute approximate surface area is 207 Å². The molecule has 2 saturated carbocycles. The van der Waals surface area contributed by atoms with Gasteiger partial charge in [0.25, 0.3) is 12.3 Å². The molecular weight excluding hydrogens is 462 g/mol. The molecule has 0 spiro atoms. The highest BCUT2D eigenvalue weighted by Crippen LogP contribution is 2.45. The van der Waals surface area contributed by atoms with Crippen LogP contribution >= 0.6 is 0 Å². The first-order chi connectivity index (χ1) is 17.5. The highest BCUT2D eigenvalue weighted by Gasteiger charge is 2.46. The Bertz CT molecular complexity index is 1490. The van der Waals surface area contributed by atoms with Crippen molar-refractivity contribution < 1.29 is 13.6 Å². The molecule has 0 bridgehead atoms. The van der Waals surface area contributed by atoms with Crippen LogP contribution in [0, 0.1) is 17.8 Å². The molecular formula is C27H28F2N6O. The molecule has 3 atom stereocenters. The Morgan fingerprint density at radius 2 is 1.97 bits per heavy atom. The van der Waals surface area contributed by atoms with E-state index >= 15 is 0 Å². The van der Waals surface area contributed by atoms with Gasteiger partial charge in [-0.3, -0.25) is 4.79 Å². The van der Waals surface area contributed by atoms with E-state index in [4.69, 9.17) is 4.98 Å². The molecule has 5 heterocycles. The van der Waals surface area contributed by atoms with Gasteiger partial charge in [0, 0.05) is 36.9 Å². The first-order valence-electron chi connectivity index (χ1n) is 12.9. The third-order valence-corrected chi connectivity index (χ3v) is 8.45. The van der Waals surface area contributed by atoms with Crippen molar-refractivity contribution in [2.75, 3.05) is 6.54 Å². The molecule has 1 amide bonds. The third kappa shape index (κ3) is 3.43. The van der Waals surface area contributed by atoms with E-state index in [-0.39, 0.29) is 11.9 Å². The zero-order chi connectivity index (χ0) is 24.6. The SMILES string of the molecule is C[C@@H]1[C@@H]2CC[C@@H]2CN1C(=O)c1cnc2c(c1)nc(-c1cc3cccnc3n1CC1CC1)n2CC(F)F. The number of nitrogens with zero attached hydrogens (tertiary/aromatic N) is 6. The van der Waals surface area contributed by atoms with Crippen molar-refractivity contribution in [3.05, 3.63) is 42.2 Å². The summed E-state index contributed by atoms with van der Waals surface area (Å²) in [6, 6.07) is 7.76. The van der Waals surface area contributed by atoms with Gasteiger partial charge >= 0.3 is 0 Å². The fourth-order valence-corrected chi connectivity index (χ4v) is 6.19. The highest BCUT2D eigenvalue weighted by molar-refractivity contribution is 5.97. The number of alkyl halides is 2. The number of amides is 1. The van der Waals surface area contributed by atoms with E-state index in [2.05, 4.69) is 21.5 Å². The molecule has 36 heavy (non-hydrogen) atoms. The summed E-state index contributed by atoms with van der Waals surface area (Å²) in [6.07, 6.45) is 5.38. The fraction of sp³-hybridized carbons (Fsp3) is 0.481. The van der Waals surface area contributed by atoms with Crippen molar-refractivity contribution >= 4 is 28.1 Å². The van der Waals surface area contributed by atoms with E-state index in [0.717, 1.165) is 42.7 Å². The average Bonchev–Trinajstić information content (AvgIpc) is 3.44. The molecule has 186 valence electrons. The summed E-state index contributed by atoms with van der Waals surface area (Å²) < 4.78 is 31.0. The maximum atomic E-state index is 13.7. The Morgan fingerprint density at radius 3 is 2.67 bits per heavy atom. The summed E-state index contributed by atoms with van der Waals surface area (Å²) in [5.74, 6) is 2.13. The predicted octanol–water partition coefficient (Wildman–Crippen LogP) is 4.99. The quantitative estimate of drug-likeness (QED) is 0.382. The van der Waals surface area contributed by atoms with Crippen molar-refractivity contribution in [3.63, 3.8) is 0 Å². The summed E-state index contributed by atoms with van der Waals surface area (Å²) in [5.41, 5.74) is 2.88. The monoisotopic (exact) mass is 490 g/mol. The molecule has 1 aliphatic heterocycles. The number of pyridine rings is 2. The van der Waals surface area contributed by atoms with Gasteiger partial charge in [-0.05, 0) is 74.6 Å². The highest BCUT2D eigenvalue weighted by atomic mass is 19.3. The first-order valence-corrected chi connectivity index (χ1v) is 12.9. The van der Waals surface area contributed by atoms with Gasteiger partial charge in [0.15, 0.2) is 11.5 Å². The average molecular weight is 491 g/mol. The lowest BCUT2D eigenvalue weighted by Crippen LogP contribution is -2.36. The van der Waals surface area contributed by atoms with E-state index in [1.165, 1.54) is 23.6 Å². The number of hydrogen-bond acceptors (Lipinski definition) is 4. The Kier molecular flexibility index (Phi) is 4.91. The number of likely N-dealkylation sites (tertiary alicyclic amines) is 1. The van der Waals surface area contributed by atoms with Gasteiger partial charge in [-0.25, -0.2) is 23.7 Å². The standard InChI is InChI=1S/C27H28F2N6O/c1-15-20-7-6-18(20)13-33(15)27(36)19-9-21-25(31-11-19)35(14-23(28)29)26(32-21)22-10-17-3-2-8-30-24(17)34(22)12-16-4-5-16/h2-3,8-11,15-16,18,20,23H,4-7,12-14H2,1H3/t15-,18-,20+/m1/s1. The van der Waals surface area contributed by atoms with E-state index in [1.807, 2.05) is 23.1 Å². The van der Waals surface area contributed by atoms with Crippen LogP contribution in [0.4, 0.5) is 8.78 Å². The van der Waals surface area contributed by atoms with Gasteiger partial charge in [0.2, 0.25) is 0 Å². The van der Waals surface area contributed by atoms with Crippen molar-refractivity contribution in [3.8, 4) is 11.5 Å². The molecule has 4 aromatic rings. The van der Waals surface area contributed by atoms with Gasteiger partial charge in [0.1, 0.15) is 11.2 Å². The van der Waals surface area contributed by atoms with Crippen LogP contribution in [0.3, 0.4) is 0 Å². The fourth-order valence-electron chi connectivity index (χ4n) is 6.19. The van der Waals surface area contributed by atoms with Gasteiger partial charge < -0.3 is 14.0 Å². The molecule has 3 fully saturated rings. The molecule has 0 radical (unpaired) electrons. The number of rotatable bonds is 6. The van der Waals surface area contributed by atoms with E-state index < -0.39 is 13.0 Å². The van der Waals surface area contributed by atoms with Gasteiger partial charge in [-0.2, -0.15) is 0 Å². The normalized spacial score (nSPS) is 23.6. The van der Waals surface area contributed by atoms with Crippen molar-refractivity contribution in [2.45, 2.75) is 58.2 Å². The van der Waals surface area contributed by atoms with Crippen LogP contribution in [0.15, 0.2) is 36.7 Å². The van der Waals surface area contributed by atoms with Crippen LogP contribution in [0.2, 0.25) is 0 Å². The summed E-state index contributed by atoms with van der Waals surface area (Å²) in [6.45, 7) is 3.16. The van der Waals surface area contributed by atoms with Crippen LogP contribution in [-0.2, 0) is 13.1 Å². The number of carbonyl (C=O) groups excluding carboxylic acids is 1. The number of aromatic nitrogens is 5. The Balaban J connectivity index is 1.33. The van der Waals surface area contributed by atoms with Crippen LogP contribution in [0.25, 0.3) is 33.7 Å². The number of carbonyl (C=O) groups is 1. The van der Waals surface area contributed by atoms with Crippen LogP contribution in [0.5, 0.6) is 0 Å². The maximum absolute atomic E-state index is 13.7.